The first-order valence-corrected chi connectivity index (χ1v) is 14.2. The third-order valence-electron chi connectivity index (χ3n) is 7.30. The molecule has 2 saturated heterocycles. The van der Waals surface area contributed by atoms with Gasteiger partial charge in [-0.15, -0.1) is 0 Å². The molecule has 0 aliphatic carbocycles. The minimum absolute atomic E-state index is 0.349. The number of pyridine rings is 1. The lowest BCUT2D eigenvalue weighted by Crippen LogP contribution is -2.45. The highest BCUT2D eigenvalue weighted by atomic mass is 35.5. The van der Waals surface area contributed by atoms with E-state index in [1.165, 1.54) is 0 Å². The molecule has 1 amide bonds. The van der Waals surface area contributed by atoms with Crippen LogP contribution in [0.4, 0.5) is 10.7 Å². The molecule has 5 rings (SSSR count). The van der Waals surface area contributed by atoms with Crippen LogP contribution in [0.25, 0.3) is 11.3 Å². The molecule has 2 aliphatic rings. The molecular weight excluding hydrogens is 553 g/mol. The summed E-state index contributed by atoms with van der Waals surface area (Å²) in [4.78, 5) is 31.5. The van der Waals surface area contributed by atoms with Gasteiger partial charge in [0.05, 0.1) is 18.1 Å². The maximum absolute atomic E-state index is 10.8. The second kappa shape index (κ2) is 13.0. The number of aromatic nitrogens is 3. The normalized spacial score (nSPS) is 17.1. The van der Waals surface area contributed by atoms with Gasteiger partial charge in [-0.1, -0.05) is 23.2 Å². The number of hydrogen-bond donors (Lipinski definition) is 2. The van der Waals surface area contributed by atoms with E-state index in [4.69, 9.17) is 38.0 Å². The third kappa shape index (κ3) is 7.72. The van der Waals surface area contributed by atoms with Crippen LogP contribution in [-0.2, 0) is 6.54 Å². The quantitative estimate of drug-likeness (QED) is 0.383. The number of anilines is 1. The van der Waals surface area contributed by atoms with Crippen molar-refractivity contribution in [3.63, 3.8) is 0 Å². The molecule has 40 heavy (non-hydrogen) atoms. The summed E-state index contributed by atoms with van der Waals surface area (Å²) >= 11 is 12.6. The first kappa shape index (κ1) is 28.4. The highest BCUT2D eigenvalue weighted by Crippen LogP contribution is 2.31. The largest absolute Gasteiger partial charge is 0.465 e. The van der Waals surface area contributed by atoms with Gasteiger partial charge < -0.3 is 25.0 Å². The SMILES string of the molecule is CN1CCN(c2ncc(Oc3cc(CN4CCC(CNC(=O)O)CC4)cc(-c4cc(Cl)cc(Cl)c4)n3)cn2)CC1. The lowest BCUT2D eigenvalue weighted by molar-refractivity contribution is 0.166. The number of likely N-dealkylation sites (N-methyl/N-ethyl adjacent to an activating group) is 1. The van der Waals surface area contributed by atoms with Crippen molar-refractivity contribution >= 4 is 35.2 Å². The summed E-state index contributed by atoms with van der Waals surface area (Å²) in [6.07, 6.45) is 4.26. The molecule has 0 atom stereocenters. The molecule has 212 valence electrons. The molecule has 0 bridgehead atoms. The zero-order chi connectivity index (χ0) is 28.1. The number of amides is 1. The summed E-state index contributed by atoms with van der Waals surface area (Å²) in [6, 6.07) is 9.31. The van der Waals surface area contributed by atoms with Gasteiger partial charge >= 0.3 is 6.09 Å². The lowest BCUT2D eigenvalue weighted by Gasteiger charge is -2.32. The van der Waals surface area contributed by atoms with Crippen LogP contribution in [-0.4, -0.2) is 88.8 Å². The van der Waals surface area contributed by atoms with Crippen LogP contribution in [0.5, 0.6) is 11.6 Å². The molecule has 1 aromatic carbocycles. The molecule has 0 saturated carbocycles. The fourth-order valence-corrected chi connectivity index (χ4v) is 5.57. The van der Waals surface area contributed by atoms with E-state index in [1.807, 2.05) is 24.3 Å². The third-order valence-corrected chi connectivity index (χ3v) is 7.73. The van der Waals surface area contributed by atoms with Crippen molar-refractivity contribution in [3.8, 4) is 22.9 Å². The average Bonchev–Trinajstić information content (AvgIpc) is 2.93. The predicted molar refractivity (Wildman–Crippen MR) is 156 cm³/mol. The van der Waals surface area contributed by atoms with E-state index in [-0.39, 0.29) is 0 Å². The van der Waals surface area contributed by atoms with Crippen molar-refractivity contribution in [2.75, 3.05) is 57.8 Å². The molecule has 2 fully saturated rings. The summed E-state index contributed by atoms with van der Waals surface area (Å²) in [7, 11) is 2.11. The van der Waals surface area contributed by atoms with Crippen LogP contribution in [0.15, 0.2) is 42.7 Å². The number of nitrogens with one attached hydrogen (secondary N) is 1. The summed E-state index contributed by atoms with van der Waals surface area (Å²) < 4.78 is 6.15. The topological polar surface area (TPSA) is 107 Å². The number of carboxylic acid groups (broad SMARTS) is 1. The molecule has 0 radical (unpaired) electrons. The number of ether oxygens (including phenoxy) is 1. The second-order valence-corrected chi connectivity index (χ2v) is 11.2. The minimum Gasteiger partial charge on any atom is -0.465 e. The molecule has 2 N–H and O–H groups in total. The summed E-state index contributed by atoms with van der Waals surface area (Å²) in [5, 5.41) is 12.5. The van der Waals surface area contributed by atoms with Gasteiger partial charge in [-0.25, -0.2) is 19.7 Å². The summed E-state index contributed by atoms with van der Waals surface area (Å²) in [5.41, 5.74) is 2.53. The monoisotopic (exact) mass is 585 g/mol. The summed E-state index contributed by atoms with van der Waals surface area (Å²) in [6.45, 7) is 6.69. The number of rotatable bonds is 8. The molecule has 10 nitrogen and oxygen atoms in total. The van der Waals surface area contributed by atoms with E-state index in [0.717, 1.165) is 63.2 Å². The Hall–Kier alpha value is -3.18. The van der Waals surface area contributed by atoms with Crippen LogP contribution < -0.4 is 15.0 Å². The Labute approximate surface area is 243 Å². The number of likely N-dealkylation sites (tertiary alicyclic amines) is 1. The van der Waals surface area contributed by atoms with Crippen molar-refractivity contribution in [2.45, 2.75) is 19.4 Å². The Morgan fingerprint density at radius 2 is 1.68 bits per heavy atom. The molecule has 12 heteroatoms. The Morgan fingerprint density at radius 3 is 2.33 bits per heavy atom. The van der Waals surface area contributed by atoms with E-state index in [1.54, 1.807) is 18.5 Å². The Bertz CT molecular complexity index is 1290. The molecule has 3 aromatic rings. The van der Waals surface area contributed by atoms with Crippen LogP contribution in [0, 0.1) is 5.92 Å². The maximum atomic E-state index is 10.8. The van der Waals surface area contributed by atoms with Gasteiger partial charge in [0.1, 0.15) is 0 Å². The van der Waals surface area contributed by atoms with Gasteiger partial charge in [0, 0.05) is 60.9 Å². The number of benzene rings is 1. The Balaban J connectivity index is 1.32. The fourth-order valence-electron chi connectivity index (χ4n) is 5.04. The van der Waals surface area contributed by atoms with Gasteiger partial charge in [0.15, 0.2) is 5.75 Å². The van der Waals surface area contributed by atoms with Crippen LogP contribution in [0.3, 0.4) is 0 Å². The number of piperidine rings is 1. The van der Waals surface area contributed by atoms with Crippen molar-refractivity contribution < 1.29 is 14.6 Å². The Morgan fingerprint density at radius 1 is 1.00 bits per heavy atom. The first-order valence-electron chi connectivity index (χ1n) is 13.4. The van der Waals surface area contributed by atoms with Crippen molar-refractivity contribution in [1.82, 2.24) is 30.1 Å². The van der Waals surface area contributed by atoms with Gasteiger partial charge in [0.25, 0.3) is 0 Å². The van der Waals surface area contributed by atoms with Crippen molar-refractivity contribution in [1.29, 1.82) is 0 Å². The molecule has 0 spiro atoms. The average molecular weight is 587 g/mol. The second-order valence-electron chi connectivity index (χ2n) is 10.4. The standard InChI is InChI=1S/C28H33Cl2N7O3/c1-35-6-8-37(9-7-35)27-31-16-24(17-32-27)40-26-11-20(10-25(34-26)21-12-22(29)14-23(30)13-21)18-36-4-2-19(3-5-36)15-33-28(38)39/h10-14,16-17,19,33H,2-9,15,18H2,1H3,(H,38,39). The number of carbonyl (C=O) groups is 1. The molecule has 4 heterocycles. The van der Waals surface area contributed by atoms with E-state index >= 15 is 0 Å². The van der Waals surface area contributed by atoms with Crippen molar-refractivity contribution in [3.05, 3.63) is 58.3 Å². The molecular formula is C28H33Cl2N7O3. The van der Waals surface area contributed by atoms with E-state index in [0.29, 0.717) is 52.3 Å². The highest BCUT2D eigenvalue weighted by Gasteiger charge is 2.21. The van der Waals surface area contributed by atoms with Crippen molar-refractivity contribution in [2.24, 2.45) is 5.92 Å². The first-order chi connectivity index (χ1) is 19.3. The minimum atomic E-state index is -0.972. The molecule has 2 aliphatic heterocycles. The summed E-state index contributed by atoms with van der Waals surface area (Å²) in [5.74, 6) is 1.98. The van der Waals surface area contributed by atoms with Gasteiger partial charge in [-0.3, -0.25) is 4.90 Å². The van der Waals surface area contributed by atoms with Crippen LogP contribution in [0.1, 0.15) is 18.4 Å². The number of nitrogens with zero attached hydrogens (tertiary/aromatic N) is 6. The smallest absolute Gasteiger partial charge is 0.404 e. The molecule has 2 aromatic heterocycles. The maximum Gasteiger partial charge on any atom is 0.404 e. The van der Waals surface area contributed by atoms with Crippen LogP contribution in [0.2, 0.25) is 10.0 Å². The van der Waals surface area contributed by atoms with Gasteiger partial charge in [0.2, 0.25) is 11.8 Å². The molecule has 0 unspecified atom stereocenters. The zero-order valence-corrected chi connectivity index (χ0v) is 23.9. The highest BCUT2D eigenvalue weighted by molar-refractivity contribution is 6.35. The van der Waals surface area contributed by atoms with E-state index < -0.39 is 6.09 Å². The van der Waals surface area contributed by atoms with Gasteiger partial charge in [-0.2, -0.15) is 0 Å². The number of hydrogen-bond acceptors (Lipinski definition) is 8. The van der Waals surface area contributed by atoms with E-state index in [2.05, 4.69) is 37.0 Å². The number of halogens is 2. The fraction of sp³-hybridized carbons (Fsp3) is 0.429. The predicted octanol–water partition coefficient (Wildman–Crippen LogP) is 4.87. The zero-order valence-electron chi connectivity index (χ0n) is 22.4. The lowest BCUT2D eigenvalue weighted by atomic mass is 9.96. The van der Waals surface area contributed by atoms with Gasteiger partial charge in [-0.05, 0) is 68.7 Å². The number of piperazine rings is 1. The van der Waals surface area contributed by atoms with Crippen LogP contribution >= 0.6 is 23.2 Å². The van der Waals surface area contributed by atoms with E-state index in [9.17, 15) is 4.79 Å². The Kier molecular flexibility index (Phi) is 9.21.